The molecule has 0 unspecified atom stereocenters. The summed E-state index contributed by atoms with van der Waals surface area (Å²) in [5.74, 6) is 0. The number of nitrogens with zero attached hydrogens (tertiary/aromatic N) is 3. The second kappa shape index (κ2) is 4.80. The Labute approximate surface area is 131 Å². The third kappa shape index (κ3) is 2.29. The average molecular weight is 334 g/mol. The first kappa shape index (κ1) is 13.7. The second-order valence-corrected chi connectivity index (χ2v) is 7.77. The predicted octanol–water partition coefficient (Wildman–Crippen LogP) is 1.61. The highest BCUT2D eigenvalue weighted by Gasteiger charge is 2.22. The number of thiazole rings is 1. The Hall–Kier alpha value is -1.90. The van der Waals surface area contributed by atoms with Gasteiger partial charge in [0.15, 0.2) is 4.96 Å². The van der Waals surface area contributed by atoms with Crippen LogP contribution in [0, 0.1) is 0 Å². The van der Waals surface area contributed by atoms with Gasteiger partial charge in [0, 0.05) is 30.0 Å². The Morgan fingerprint density at radius 1 is 1.36 bits per heavy atom. The van der Waals surface area contributed by atoms with E-state index in [0.717, 1.165) is 41.4 Å². The molecule has 0 bridgehead atoms. The van der Waals surface area contributed by atoms with Crippen LogP contribution in [-0.4, -0.2) is 24.3 Å². The van der Waals surface area contributed by atoms with Crippen molar-refractivity contribution in [3.63, 3.8) is 0 Å². The zero-order valence-corrected chi connectivity index (χ0v) is 13.3. The van der Waals surface area contributed by atoms with Gasteiger partial charge in [-0.3, -0.25) is 4.40 Å². The van der Waals surface area contributed by atoms with Crippen molar-refractivity contribution in [3.05, 3.63) is 47.2 Å². The number of fused-ring (bicyclic) bond motifs is 2. The second-order valence-electron chi connectivity index (χ2n) is 5.33. The van der Waals surface area contributed by atoms with Gasteiger partial charge < -0.3 is 4.90 Å². The van der Waals surface area contributed by atoms with Crippen LogP contribution in [0.2, 0.25) is 0 Å². The lowest BCUT2D eigenvalue weighted by atomic mass is 10.2. The van der Waals surface area contributed by atoms with Gasteiger partial charge in [0.1, 0.15) is 0 Å². The topological polar surface area (TPSA) is 80.7 Å². The largest absolute Gasteiger partial charge is 0.365 e. The molecule has 0 radical (unpaired) electrons. The molecule has 0 aliphatic carbocycles. The molecule has 6 nitrogen and oxygen atoms in total. The standard InChI is InChI=1S/C14H14N4O2S2/c15-22(19,20)12-1-2-13-10(7-12)3-4-17(13)8-11-9-18-5-6-21-14(18)16-11/h1-2,5-7,9H,3-4,8H2,(H2,15,19,20). The molecule has 22 heavy (non-hydrogen) atoms. The Morgan fingerprint density at radius 2 is 2.23 bits per heavy atom. The molecular weight excluding hydrogens is 320 g/mol. The van der Waals surface area contributed by atoms with Crippen molar-refractivity contribution in [2.75, 3.05) is 11.4 Å². The average Bonchev–Trinajstić information content (AvgIpc) is 3.12. The van der Waals surface area contributed by atoms with Crippen LogP contribution in [-0.2, 0) is 23.0 Å². The van der Waals surface area contributed by atoms with Gasteiger partial charge in [0.05, 0.1) is 17.1 Å². The smallest absolute Gasteiger partial charge is 0.238 e. The Morgan fingerprint density at radius 3 is 3.00 bits per heavy atom. The Kier molecular flexibility index (Phi) is 3.00. The van der Waals surface area contributed by atoms with Crippen molar-refractivity contribution in [3.8, 4) is 0 Å². The summed E-state index contributed by atoms with van der Waals surface area (Å²) in [5, 5.41) is 7.19. The van der Waals surface area contributed by atoms with Crippen LogP contribution in [0.1, 0.15) is 11.3 Å². The van der Waals surface area contributed by atoms with Crippen molar-refractivity contribution in [1.29, 1.82) is 0 Å². The number of benzene rings is 1. The zero-order valence-electron chi connectivity index (χ0n) is 11.6. The van der Waals surface area contributed by atoms with Gasteiger partial charge in [0.25, 0.3) is 0 Å². The van der Waals surface area contributed by atoms with Gasteiger partial charge in [-0.25, -0.2) is 18.5 Å². The number of aromatic nitrogens is 2. The first-order valence-electron chi connectivity index (χ1n) is 6.82. The molecule has 1 aliphatic rings. The van der Waals surface area contributed by atoms with E-state index in [1.165, 1.54) is 0 Å². The summed E-state index contributed by atoms with van der Waals surface area (Å²) in [4.78, 5) is 7.97. The number of primary sulfonamides is 1. The molecule has 2 aromatic heterocycles. The summed E-state index contributed by atoms with van der Waals surface area (Å²) in [6, 6.07) is 5.08. The van der Waals surface area contributed by atoms with E-state index in [1.807, 2.05) is 28.2 Å². The molecule has 3 aromatic rings. The van der Waals surface area contributed by atoms with E-state index in [4.69, 9.17) is 5.14 Å². The molecule has 0 saturated carbocycles. The molecule has 0 fully saturated rings. The molecule has 0 spiro atoms. The van der Waals surface area contributed by atoms with Crippen molar-refractivity contribution in [2.45, 2.75) is 17.9 Å². The van der Waals surface area contributed by atoms with Gasteiger partial charge in [-0.1, -0.05) is 0 Å². The van der Waals surface area contributed by atoms with Crippen molar-refractivity contribution in [1.82, 2.24) is 9.38 Å². The first-order valence-corrected chi connectivity index (χ1v) is 9.25. The van der Waals surface area contributed by atoms with Crippen molar-refractivity contribution >= 4 is 32.0 Å². The van der Waals surface area contributed by atoms with Gasteiger partial charge >= 0.3 is 0 Å². The third-order valence-corrected chi connectivity index (χ3v) is 5.55. The zero-order chi connectivity index (χ0) is 15.3. The quantitative estimate of drug-likeness (QED) is 0.789. The van der Waals surface area contributed by atoms with Gasteiger partial charge in [-0.15, -0.1) is 11.3 Å². The van der Waals surface area contributed by atoms with Crippen LogP contribution >= 0.6 is 11.3 Å². The number of rotatable bonds is 3. The monoisotopic (exact) mass is 334 g/mol. The number of anilines is 1. The fraction of sp³-hybridized carbons (Fsp3) is 0.214. The first-order chi connectivity index (χ1) is 10.5. The molecule has 0 atom stereocenters. The van der Waals surface area contributed by atoms with E-state index < -0.39 is 10.0 Å². The van der Waals surface area contributed by atoms with E-state index in [1.54, 1.807) is 23.5 Å². The minimum absolute atomic E-state index is 0.176. The third-order valence-electron chi connectivity index (χ3n) is 3.87. The minimum atomic E-state index is -3.64. The highest BCUT2D eigenvalue weighted by molar-refractivity contribution is 7.89. The predicted molar refractivity (Wildman–Crippen MR) is 85.6 cm³/mol. The van der Waals surface area contributed by atoms with Crippen LogP contribution in [0.5, 0.6) is 0 Å². The van der Waals surface area contributed by atoms with Crippen molar-refractivity contribution in [2.24, 2.45) is 5.14 Å². The van der Waals surface area contributed by atoms with Gasteiger partial charge in [0.2, 0.25) is 10.0 Å². The normalized spacial score (nSPS) is 14.7. The molecule has 114 valence electrons. The summed E-state index contributed by atoms with van der Waals surface area (Å²) in [6.07, 6.45) is 4.84. The Bertz CT molecular complexity index is 930. The van der Waals surface area contributed by atoms with Crippen molar-refractivity contribution < 1.29 is 8.42 Å². The fourth-order valence-electron chi connectivity index (χ4n) is 2.84. The number of hydrogen-bond acceptors (Lipinski definition) is 5. The van der Waals surface area contributed by atoms with E-state index >= 15 is 0 Å². The minimum Gasteiger partial charge on any atom is -0.365 e. The molecule has 0 amide bonds. The lowest BCUT2D eigenvalue weighted by molar-refractivity contribution is 0.597. The number of nitrogens with two attached hydrogens (primary N) is 1. The molecule has 2 N–H and O–H groups in total. The molecule has 1 aliphatic heterocycles. The summed E-state index contributed by atoms with van der Waals surface area (Å²) >= 11 is 1.61. The molecule has 8 heteroatoms. The summed E-state index contributed by atoms with van der Waals surface area (Å²) < 4.78 is 24.9. The number of sulfonamides is 1. The van der Waals surface area contributed by atoms with E-state index in [2.05, 4.69) is 9.88 Å². The maximum atomic E-state index is 11.4. The van der Waals surface area contributed by atoms with Crippen LogP contribution in [0.3, 0.4) is 0 Å². The summed E-state index contributed by atoms with van der Waals surface area (Å²) in [5.41, 5.74) is 3.09. The highest BCUT2D eigenvalue weighted by Crippen LogP contribution is 2.31. The van der Waals surface area contributed by atoms with E-state index in [0.29, 0.717) is 0 Å². The lowest BCUT2D eigenvalue weighted by Gasteiger charge is -2.18. The highest BCUT2D eigenvalue weighted by atomic mass is 32.2. The molecule has 1 aromatic carbocycles. The molecule has 4 rings (SSSR count). The maximum Gasteiger partial charge on any atom is 0.238 e. The van der Waals surface area contributed by atoms with Gasteiger partial charge in [-0.2, -0.15) is 0 Å². The molecular formula is C14H14N4O2S2. The van der Waals surface area contributed by atoms with E-state index in [-0.39, 0.29) is 4.90 Å². The fourth-order valence-corrected chi connectivity index (χ4v) is 4.12. The maximum absolute atomic E-state index is 11.4. The van der Waals surface area contributed by atoms with Crippen LogP contribution in [0.15, 0.2) is 40.9 Å². The summed E-state index contributed by atoms with van der Waals surface area (Å²) in [6.45, 7) is 1.57. The summed E-state index contributed by atoms with van der Waals surface area (Å²) in [7, 11) is -3.64. The molecule has 0 saturated heterocycles. The van der Waals surface area contributed by atoms with Gasteiger partial charge in [-0.05, 0) is 30.2 Å². The SMILES string of the molecule is NS(=O)(=O)c1ccc2c(c1)CCN2Cc1cn2ccsc2n1. The lowest BCUT2D eigenvalue weighted by Crippen LogP contribution is -2.19. The number of hydrogen-bond donors (Lipinski definition) is 1. The Balaban J connectivity index is 1.63. The van der Waals surface area contributed by atoms with Crippen LogP contribution in [0.4, 0.5) is 5.69 Å². The van der Waals surface area contributed by atoms with Crippen LogP contribution in [0.25, 0.3) is 4.96 Å². The van der Waals surface area contributed by atoms with Crippen LogP contribution < -0.4 is 10.0 Å². The molecule has 3 heterocycles. The van der Waals surface area contributed by atoms with E-state index in [9.17, 15) is 8.42 Å². The number of imidazole rings is 1.